The first-order valence-corrected chi connectivity index (χ1v) is 11.2. The molecule has 1 aromatic heterocycles. The van der Waals surface area contributed by atoms with E-state index in [0.29, 0.717) is 17.9 Å². The van der Waals surface area contributed by atoms with Gasteiger partial charge in [0.25, 0.3) is 11.8 Å². The topological polar surface area (TPSA) is 84.9 Å². The summed E-state index contributed by atoms with van der Waals surface area (Å²) in [6, 6.07) is 9.79. The largest absolute Gasteiger partial charge is 0.497 e. The van der Waals surface area contributed by atoms with Gasteiger partial charge in [-0.05, 0) is 54.5 Å². The van der Waals surface area contributed by atoms with E-state index < -0.39 is 12.0 Å². The van der Waals surface area contributed by atoms with Gasteiger partial charge in [0.15, 0.2) is 6.61 Å². The number of rotatable bonds is 8. The van der Waals surface area contributed by atoms with E-state index in [9.17, 15) is 14.4 Å². The molecule has 2 atom stereocenters. The van der Waals surface area contributed by atoms with Crippen molar-refractivity contribution in [2.24, 2.45) is 5.92 Å². The molecule has 31 heavy (non-hydrogen) atoms. The molecule has 1 aliphatic rings. The van der Waals surface area contributed by atoms with Crippen molar-refractivity contribution in [2.75, 3.05) is 20.3 Å². The molecule has 166 valence electrons. The number of nitrogens with zero attached hydrogens (tertiary/aromatic N) is 1. The van der Waals surface area contributed by atoms with Crippen LogP contribution in [0.3, 0.4) is 0 Å². The monoisotopic (exact) mass is 444 g/mol. The normalized spacial score (nSPS) is 16.8. The number of nitrogens with one attached hydrogen (secondary N) is 1. The lowest BCUT2D eigenvalue weighted by Gasteiger charge is -2.25. The summed E-state index contributed by atoms with van der Waals surface area (Å²) in [5, 5.41) is 4.71. The predicted molar refractivity (Wildman–Crippen MR) is 118 cm³/mol. The number of benzene rings is 1. The highest BCUT2D eigenvalue weighted by atomic mass is 32.1. The van der Waals surface area contributed by atoms with Crippen LogP contribution in [0.15, 0.2) is 41.8 Å². The Labute approximate surface area is 186 Å². The lowest BCUT2D eigenvalue weighted by Crippen LogP contribution is -2.46. The highest BCUT2D eigenvalue weighted by Gasteiger charge is 2.32. The molecule has 0 saturated carbocycles. The van der Waals surface area contributed by atoms with E-state index in [1.54, 1.807) is 47.6 Å². The summed E-state index contributed by atoms with van der Waals surface area (Å²) >= 11 is 1.62. The van der Waals surface area contributed by atoms with Gasteiger partial charge < -0.3 is 19.7 Å². The quantitative estimate of drug-likeness (QED) is 0.631. The molecule has 2 aromatic rings. The third-order valence-electron chi connectivity index (χ3n) is 5.34. The Kier molecular flexibility index (Phi) is 7.68. The van der Waals surface area contributed by atoms with Gasteiger partial charge in [0.05, 0.1) is 13.2 Å². The number of ether oxygens (including phenoxy) is 2. The zero-order valence-corrected chi connectivity index (χ0v) is 18.8. The molecule has 7 nitrogen and oxygen atoms in total. The predicted octanol–water partition coefficient (Wildman–Crippen LogP) is 3.42. The molecule has 8 heteroatoms. The first-order chi connectivity index (χ1) is 14.9. The Hall–Kier alpha value is -2.87. The molecule has 0 spiro atoms. The minimum Gasteiger partial charge on any atom is -0.497 e. The molecule has 1 N–H and O–H groups in total. The first kappa shape index (κ1) is 22.8. The summed E-state index contributed by atoms with van der Waals surface area (Å²) in [5.41, 5.74) is 0.409. The first-order valence-electron chi connectivity index (χ1n) is 10.3. The maximum absolute atomic E-state index is 12.7. The summed E-state index contributed by atoms with van der Waals surface area (Å²) in [5.74, 6) is -0.777. The van der Waals surface area contributed by atoms with E-state index in [0.717, 1.165) is 17.7 Å². The van der Waals surface area contributed by atoms with Gasteiger partial charge in [-0.15, -0.1) is 11.3 Å². The molecular weight excluding hydrogens is 416 g/mol. The molecule has 2 unspecified atom stereocenters. The second-order valence-corrected chi connectivity index (χ2v) is 8.77. The summed E-state index contributed by atoms with van der Waals surface area (Å²) in [6.07, 6.45) is 1.83. The number of esters is 1. The number of thiophene rings is 1. The molecule has 1 aromatic carbocycles. The number of carbonyl (C=O) groups is 3. The molecule has 3 rings (SSSR count). The average Bonchev–Trinajstić information content (AvgIpc) is 3.47. The summed E-state index contributed by atoms with van der Waals surface area (Å²) in [6.45, 7) is 3.95. The maximum Gasteiger partial charge on any atom is 0.329 e. The van der Waals surface area contributed by atoms with Gasteiger partial charge in [0, 0.05) is 17.0 Å². The second-order valence-electron chi connectivity index (χ2n) is 7.79. The molecule has 2 heterocycles. The Balaban J connectivity index is 1.57. The van der Waals surface area contributed by atoms with E-state index in [1.165, 1.54) is 0 Å². The second kappa shape index (κ2) is 10.4. The van der Waals surface area contributed by atoms with Crippen LogP contribution in [0.2, 0.25) is 0 Å². The minimum atomic E-state index is -0.853. The van der Waals surface area contributed by atoms with Crippen LogP contribution in [0.25, 0.3) is 0 Å². The molecule has 2 amide bonds. The van der Waals surface area contributed by atoms with Crippen molar-refractivity contribution in [3.63, 3.8) is 0 Å². The maximum atomic E-state index is 12.7. The van der Waals surface area contributed by atoms with Crippen molar-refractivity contribution >= 4 is 29.1 Å². The summed E-state index contributed by atoms with van der Waals surface area (Å²) in [4.78, 5) is 40.8. The SMILES string of the molecule is COc1ccc(C(=O)NC(C(=O)OCC(=O)N2CCCC2c2cccs2)C(C)C)cc1. The van der Waals surface area contributed by atoms with Gasteiger partial charge in [-0.2, -0.15) is 0 Å². The van der Waals surface area contributed by atoms with E-state index >= 15 is 0 Å². The summed E-state index contributed by atoms with van der Waals surface area (Å²) < 4.78 is 10.4. The van der Waals surface area contributed by atoms with Crippen LogP contribution in [-0.4, -0.2) is 49.0 Å². The number of amides is 2. The van der Waals surface area contributed by atoms with Crippen LogP contribution in [-0.2, 0) is 14.3 Å². The van der Waals surface area contributed by atoms with Gasteiger partial charge in [-0.3, -0.25) is 9.59 Å². The van der Waals surface area contributed by atoms with Crippen molar-refractivity contribution in [2.45, 2.75) is 38.8 Å². The molecule has 1 saturated heterocycles. The van der Waals surface area contributed by atoms with Crippen molar-refractivity contribution in [1.29, 1.82) is 0 Å². The van der Waals surface area contributed by atoms with Crippen LogP contribution in [0.1, 0.15) is 48.0 Å². The fourth-order valence-corrected chi connectivity index (χ4v) is 4.49. The zero-order chi connectivity index (χ0) is 22.4. The van der Waals surface area contributed by atoms with Crippen molar-refractivity contribution in [3.8, 4) is 5.75 Å². The number of methoxy groups -OCH3 is 1. The molecular formula is C23H28N2O5S. The number of carbonyl (C=O) groups excluding carboxylic acids is 3. The lowest BCUT2D eigenvalue weighted by atomic mass is 10.0. The molecule has 0 radical (unpaired) electrons. The number of hydrogen-bond donors (Lipinski definition) is 1. The zero-order valence-electron chi connectivity index (χ0n) is 18.0. The van der Waals surface area contributed by atoms with Crippen molar-refractivity contribution < 1.29 is 23.9 Å². The molecule has 0 bridgehead atoms. The lowest BCUT2D eigenvalue weighted by molar-refractivity contribution is -0.154. The van der Waals surface area contributed by atoms with Gasteiger partial charge in [0.1, 0.15) is 11.8 Å². The average molecular weight is 445 g/mol. The van der Waals surface area contributed by atoms with Crippen LogP contribution >= 0.6 is 11.3 Å². The number of likely N-dealkylation sites (tertiary alicyclic amines) is 1. The van der Waals surface area contributed by atoms with Crippen molar-refractivity contribution in [1.82, 2.24) is 10.2 Å². The Morgan fingerprint density at radius 2 is 1.94 bits per heavy atom. The van der Waals surface area contributed by atoms with Gasteiger partial charge in [-0.1, -0.05) is 19.9 Å². The Morgan fingerprint density at radius 3 is 2.55 bits per heavy atom. The fraction of sp³-hybridized carbons (Fsp3) is 0.435. The van der Waals surface area contributed by atoms with Gasteiger partial charge in [0.2, 0.25) is 0 Å². The Bertz CT molecular complexity index is 895. The third kappa shape index (κ3) is 5.64. The standard InChI is InChI=1S/C23H28N2O5S/c1-15(2)21(24-22(27)16-8-10-17(29-3)11-9-16)23(28)30-14-20(26)25-12-4-6-18(25)19-7-5-13-31-19/h5,7-11,13,15,18,21H,4,6,12,14H2,1-3H3,(H,24,27). The van der Waals surface area contributed by atoms with Crippen molar-refractivity contribution in [3.05, 3.63) is 52.2 Å². The van der Waals surface area contributed by atoms with Crippen LogP contribution < -0.4 is 10.1 Å². The summed E-state index contributed by atoms with van der Waals surface area (Å²) in [7, 11) is 1.55. The van der Waals surface area contributed by atoms with Crippen LogP contribution in [0.5, 0.6) is 5.75 Å². The van der Waals surface area contributed by atoms with E-state index in [1.807, 2.05) is 31.4 Å². The van der Waals surface area contributed by atoms with Gasteiger partial charge in [-0.25, -0.2) is 4.79 Å². The van der Waals surface area contributed by atoms with E-state index in [4.69, 9.17) is 9.47 Å². The van der Waals surface area contributed by atoms with Gasteiger partial charge >= 0.3 is 5.97 Å². The fourth-order valence-electron chi connectivity index (χ4n) is 3.61. The Morgan fingerprint density at radius 1 is 1.19 bits per heavy atom. The third-order valence-corrected chi connectivity index (χ3v) is 6.32. The highest BCUT2D eigenvalue weighted by molar-refractivity contribution is 7.10. The highest BCUT2D eigenvalue weighted by Crippen LogP contribution is 2.34. The smallest absolute Gasteiger partial charge is 0.329 e. The van der Waals surface area contributed by atoms with E-state index in [2.05, 4.69) is 5.32 Å². The molecule has 1 fully saturated rings. The van der Waals surface area contributed by atoms with E-state index in [-0.39, 0.29) is 30.4 Å². The molecule has 0 aliphatic carbocycles. The van der Waals surface area contributed by atoms with Crippen LogP contribution in [0.4, 0.5) is 0 Å². The van der Waals surface area contributed by atoms with Crippen LogP contribution in [0, 0.1) is 5.92 Å². The molecule has 1 aliphatic heterocycles. The number of hydrogen-bond acceptors (Lipinski definition) is 6. The minimum absolute atomic E-state index is 0.0434.